The molecule has 0 radical (unpaired) electrons. The number of nitrogen functional groups attached to an aromatic ring is 1. The van der Waals surface area contributed by atoms with E-state index in [1.807, 2.05) is 18.2 Å². The maximum Gasteiger partial charge on any atom is 0.341 e. The molecule has 26 heavy (non-hydrogen) atoms. The molecule has 1 amide bonds. The van der Waals surface area contributed by atoms with Crippen LogP contribution in [0.25, 0.3) is 0 Å². The van der Waals surface area contributed by atoms with Crippen molar-refractivity contribution >= 4 is 51.4 Å². The average Bonchev–Trinajstić information content (AvgIpc) is 2.90. The van der Waals surface area contributed by atoms with Crippen LogP contribution in [-0.4, -0.2) is 30.0 Å². The van der Waals surface area contributed by atoms with Crippen molar-refractivity contribution in [3.8, 4) is 0 Å². The first kappa shape index (κ1) is 20.0. The molecule has 138 valence electrons. The molecule has 0 spiro atoms. The molecule has 0 aliphatic heterocycles. The van der Waals surface area contributed by atoms with Gasteiger partial charge in [-0.1, -0.05) is 12.1 Å². The molecule has 0 aliphatic carbocycles. The molecule has 1 aromatic heterocycles. The number of ketones is 1. The second-order valence-corrected chi connectivity index (χ2v) is 7.45. The molecular weight excluding hydrogens is 372 g/mol. The fourth-order valence-corrected chi connectivity index (χ4v) is 4.18. The van der Waals surface area contributed by atoms with Crippen molar-refractivity contribution < 1.29 is 19.1 Å². The summed E-state index contributed by atoms with van der Waals surface area (Å²) < 4.78 is 5.05. The van der Waals surface area contributed by atoms with E-state index < -0.39 is 5.97 Å². The van der Waals surface area contributed by atoms with Crippen LogP contribution in [0, 0.1) is 6.92 Å². The van der Waals surface area contributed by atoms with E-state index in [2.05, 4.69) is 5.32 Å². The Morgan fingerprint density at radius 1 is 1.27 bits per heavy atom. The number of rotatable bonds is 7. The normalized spacial score (nSPS) is 10.4. The number of nitrogens with two attached hydrogens (primary N) is 1. The van der Waals surface area contributed by atoms with Gasteiger partial charge in [0.05, 0.1) is 22.8 Å². The molecule has 1 heterocycles. The second kappa shape index (κ2) is 8.86. The van der Waals surface area contributed by atoms with Crippen molar-refractivity contribution in [3.63, 3.8) is 0 Å². The first-order valence-corrected chi connectivity index (χ1v) is 9.74. The third kappa shape index (κ3) is 4.64. The Kier molecular flexibility index (Phi) is 6.82. The predicted octanol–water partition coefficient (Wildman–Crippen LogP) is 3.75. The minimum Gasteiger partial charge on any atom is -0.462 e. The summed E-state index contributed by atoms with van der Waals surface area (Å²) >= 11 is 2.39. The molecule has 0 fully saturated rings. The number of hydrogen-bond donors (Lipinski definition) is 2. The van der Waals surface area contributed by atoms with E-state index in [0.717, 1.165) is 16.2 Å². The summed E-state index contributed by atoms with van der Waals surface area (Å²) in [6, 6.07) is 7.27. The summed E-state index contributed by atoms with van der Waals surface area (Å²) in [5.74, 6) is -0.878. The molecule has 0 bridgehead atoms. The van der Waals surface area contributed by atoms with Crippen LogP contribution in [0.2, 0.25) is 0 Å². The van der Waals surface area contributed by atoms with E-state index in [1.165, 1.54) is 18.7 Å². The van der Waals surface area contributed by atoms with Crippen LogP contribution >= 0.6 is 23.1 Å². The van der Waals surface area contributed by atoms with Crippen molar-refractivity contribution in [1.29, 1.82) is 0 Å². The summed E-state index contributed by atoms with van der Waals surface area (Å²) in [5, 5.41) is 3.05. The minimum atomic E-state index is -0.552. The number of thiophene rings is 1. The first-order chi connectivity index (χ1) is 12.3. The third-order valence-corrected chi connectivity index (χ3v) is 5.87. The highest BCUT2D eigenvalue weighted by atomic mass is 32.2. The molecule has 0 saturated carbocycles. The van der Waals surface area contributed by atoms with E-state index in [4.69, 9.17) is 10.5 Å². The van der Waals surface area contributed by atoms with Crippen molar-refractivity contribution in [2.75, 3.05) is 23.4 Å². The van der Waals surface area contributed by atoms with Gasteiger partial charge in [-0.15, -0.1) is 23.1 Å². The molecular formula is C18H20N2O4S2. The number of Topliss-reactive ketones (excluding diaryl/α,β-unsaturated/α-hetero) is 1. The summed E-state index contributed by atoms with van der Waals surface area (Å²) in [6.45, 7) is 5.01. The van der Waals surface area contributed by atoms with Crippen LogP contribution in [0.1, 0.15) is 39.4 Å². The minimum absolute atomic E-state index is 0.128. The van der Waals surface area contributed by atoms with E-state index in [9.17, 15) is 14.4 Å². The number of amides is 1. The highest BCUT2D eigenvalue weighted by Crippen LogP contribution is 2.34. The molecule has 8 heteroatoms. The number of anilines is 2. The number of esters is 1. The Hall–Kier alpha value is -2.32. The van der Waals surface area contributed by atoms with Crippen molar-refractivity contribution in [3.05, 3.63) is 40.3 Å². The highest BCUT2D eigenvalue weighted by Gasteiger charge is 2.25. The van der Waals surface area contributed by atoms with Gasteiger partial charge in [0, 0.05) is 10.6 Å². The second-order valence-electron chi connectivity index (χ2n) is 5.41. The molecule has 2 aromatic rings. The average molecular weight is 393 g/mol. The van der Waals surface area contributed by atoms with Crippen molar-refractivity contribution in [1.82, 2.24) is 0 Å². The van der Waals surface area contributed by atoms with Crippen molar-refractivity contribution in [2.45, 2.75) is 25.7 Å². The monoisotopic (exact) mass is 392 g/mol. The molecule has 0 atom stereocenters. The van der Waals surface area contributed by atoms with Gasteiger partial charge in [0.2, 0.25) is 5.91 Å². The Balaban J connectivity index is 2.18. The quantitative estimate of drug-likeness (QED) is 0.322. The highest BCUT2D eigenvalue weighted by molar-refractivity contribution is 8.00. The topological polar surface area (TPSA) is 98.5 Å². The molecule has 0 unspecified atom stereocenters. The lowest BCUT2D eigenvalue weighted by molar-refractivity contribution is -0.113. The summed E-state index contributed by atoms with van der Waals surface area (Å²) in [5.41, 5.74) is 7.22. The van der Waals surface area contributed by atoms with Crippen LogP contribution in [-0.2, 0) is 9.53 Å². The number of hydrogen-bond acceptors (Lipinski definition) is 7. The van der Waals surface area contributed by atoms with Gasteiger partial charge < -0.3 is 15.8 Å². The number of carbonyl (C=O) groups excluding carboxylic acids is 3. The number of nitrogens with one attached hydrogen (secondary N) is 1. The summed E-state index contributed by atoms with van der Waals surface area (Å²) in [4.78, 5) is 37.6. The van der Waals surface area contributed by atoms with Crippen LogP contribution in [0.5, 0.6) is 0 Å². The molecule has 6 nitrogen and oxygen atoms in total. The lowest BCUT2D eigenvalue weighted by atomic mass is 10.1. The maximum absolute atomic E-state index is 12.3. The smallest absolute Gasteiger partial charge is 0.341 e. The summed E-state index contributed by atoms with van der Waals surface area (Å²) in [6.07, 6.45) is 0. The van der Waals surface area contributed by atoms with Gasteiger partial charge in [0.25, 0.3) is 0 Å². The van der Waals surface area contributed by atoms with Crippen LogP contribution in [0.3, 0.4) is 0 Å². The van der Waals surface area contributed by atoms with Gasteiger partial charge in [-0.05, 0) is 38.5 Å². The molecule has 2 rings (SSSR count). The fraction of sp³-hybridized carbons (Fsp3) is 0.278. The molecule has 0 saturated heterocycles. The van der Waals surface area contributed by atoms with Crippen LogP contribution in [0.4, 0.5) is 10.7 Å². The van der Waals surface area contributed by atoms with E-state index in [-0.39, 0.29) is 29.6 Å². The largest absolute Gasteiger partial charge is 0.462 e. The van der Waals surface area contributed by atoms with Crippen LogP contribution in [0.15, 0.2) is 29.2 Å². The lowest BCUT2D eigenvalue weighted by Crippen LogP contribution is -2.16. The summed E-state index contributed by atoms with van der Waals surface area (Å²) in [7, 11) is 0. The maximum atomic E-state index is 12.3. The molecule has 1 aromatic carbocycles. The number of benzene rings is 1. The molecule has 0 aliphatic rings. The van der Waals surface area contributed by atoms with Gasteiger partial charge in [-0.2, -0.15) is 0 Å². The van der Waals surface area contributed by atoms with E-state index in [0.29, 0.717) is 21.1 Å². The standard InChI is InChI=1S/C18H20N2O4S2/c1-4-24-18(23)15-10(2)16(11(3)21)26-17(15)20-14(22)9-25-13-8-6-5-7-12(13)19/h5-8H,4,9,19H2,1-3H3,(H,20,22). The number of para-hydroxylation sites is 1. The number of carbonyl (C=O) groups is 3. The zero-order valence-electron chi connectivity index (χ0n) is 14.8. The Labute approximate surface area is 160 Å². The first-order valence-electron chi connectivity index (χ1n) is 7.93. The Morgan fingerprint density at radius 3 is 2.58 bits per heavy atom. The lowest BCUT2D eigenvalue weighted by Gasteiger charge is -2.08. The third-order valence-electron chi connectivity index (χ3n) is 3.48. The van der Waals surface area contributed by atoms with Gasteiger partial charge >= 0.3 is 5.97 Å². The van der Waals surface area contributed by atoms with E-state index >= 15 is 0 Å². The number of thioether (sulfide) groups is 1. The molecule has 3 N–H and O–H groups in total. The Morgan fingerprint density at radius 2 is 1.96 bits per heavy atom. The predicted molar refractivity (Wildman–Crippen MR) is 105 cm³/mol. The van der Waals surface area contributed by atoms with Gasteiger partial charge in [0.1, 0.15) is 5.00 Å². The number of ether oxygens (including phenoxy) is 1. The fourth-order valence-electron chi connectivity index (χ4n) is 2.30. The zero-order valence-corrected chi connectivity index (χ0v) is 16.4. The van der Waals surface area contributed by atoms with Gasteiger partial charge in [-0.25, -0.2) is 4.79 Å². The van der Waals surface area contributed by atoms with E-state index in [1.54, 1.807) is 19.9 Å². The van der Waals surface area contributed by atoms with Gasteiger partial charge in [0.15, 0.2) is 5.78 Å². The SMILES string of the molecule is CCOC(=O)c1c(NC(=O)CSc2ccccc2N)sc(C(C)=O)c1C. The Bertz CT molecular complexity index is 846. The zero-order chi connectivity index (χ0) is 19.3. The van der Waals surface area contributed by atoms with Crippen molar-refractivity contribution in [2.24, 2.45) is 0 Å². The van der Waals surface area contributed by atoms with Crippen LogP contribution < -0.4 is 11.1 Å². The van der Waals surface area contributed by atoms with Gasteiger partial charge in [-0.3, -0.25) is 9.59 Å².